The number of benzene rings is 2. The Kier molecular flexibility index (Phi) is 8.69. The zero-order chi connectivity index (χ0) is 27.5. The van der Waals surface area contributed by atoms with Crippen molar-refractivity contribution in [2.75, 3.05) is 13.1 Å². The number of hydrogen-bond acceptors (Lipinski definition) is 4. The Bertz CT molecular complexity index is 1200. The van der Waals surface area contributed by atoms with Gasteiger partial charge in [-0.2, -0.15) is 13.2 Å². The van der Waals surface area contributed by atoms with Crippen LogP contribution < -0.4 is 4.72 Å². The Morgan fingerprint density at radius 3 is 2.19 bits per heavy atom. The van der Waals surface area contributed by atoms with Crippen LogP contribution in [-0.4, -0.2) is 55.9 Å². The van der Waals surface area contributed by atoms with Crippen LogP contribution in [0.25, 0.3) is 0 Å². The summed E-state index contributed by atoms with van der Waals surface area (Å²) in [7, 11) is -3.62. The first-order chi connectivity index (χ1) is 17.2. The molecule has 0 aliphatic carbocycles. The van der Waals surface area contributed by atoms with E-state index < -0.39 is 40.4 Å². The molecule has 1 aliphatic rings. The average molecular weight is 558 g/mol. The van der Waals surface area contributed by atoms with E-state index in [0.29, 0.717) is 23.6 Å². The Hall–Kier alpha value is -2.92. The molecule has 3 amide bonds. The Morgan fingerprint density at radius 1 is 1.08 bits per heavy atom. The van der Waals surface area contributed by atoms with E-state index in [9.17, 15) is 31.8 Å². The number of nitrogens with one attached hydrogen (secondary N) is 1. The molecule has 7 nitrogen and oxygen atoms in total. The van der Waals surface area contributed by atoms with Gasteiger partial charge in [-0.1, -0.05) is 53.1 Å². The number of carbonyl (C=O) groups is 3. The van der Waals surface area contributed by atoms with Crippen molar-refractivity contribution in [1.29, 1.82) is 0 Å². The van der Waals surface area contributed by atoms with Crippen molar-refractivity contribution in [3.05, 3.63) is 69.7 Å². The standard InChI is InChI=1S/C25H27ClF3N3O4S/c1-16-10-17(2)12-19(11-16)13-22(34)32-9-8-24(32,3)23(35)31(14-18-4-6-20(26)7-5-18)15-21(33)30-37(36)25(27,28)29/h4-7,10-12H,8-9,13-15H2,1-3H3,(H,30,33). The molecule has 2 atom stereocenters. The maximum atomic E-state index is 13.6. The van der Waals surface area contributed by atoms with E-state index in [1.807, 2.05) is 32.0 Å². The van der Waals surface area contributed by atoms with Crippen LogP contribution in [0.1, 0.15) is 35.6 Å². The van der Waals surface area contributed by atoms with Gasteiger partial charge < -0.3 is 9.80 Å². The SMILES string of the molecule is Cc1cc(C)cc(CC(=O)N2CCC2(C)C(=O)N(CC(=O)NS(=O)C(F)(F)F)Cc2ccc(Cl)cc2)c1. The van der Waals surface area contributed by atoms with Crippen molar-refractivity contribution in [3.8, 4) is 0 Å². The molecule has 1 N–H and O–H groups in total. The molecular weight excluding hydrogens is 531 g/mol. The van der Waals surface area contributed by atoms with E-state index in [2.05, 4.69) is 0 Å². The summed E-state index contributed by atoms with van der Waals surface area (Å²) in [4.78, 5) is 41.6. The minimum atomic E-state index is -5.14. The molecule has 1 heterocycles. The van der Waals surface area contributed by atoms with Crippen LogP contribution in [-0.2, 0) is 38.3 Å². The Labute approximate surface area is 220 Å². The number of likely N-dealkylation sites (tertiary alicyclic amines) is 1. The molecule has 1 aliphatic heterocycles. The quantitative estimate of drug-likeness (QED) is 0.535. The van der Waals surface area contributed by atoms with E-state index in [1.54, 1.807) is 31.2 Å². The third kappa shape index (κ3) is 7.10. The number of aryl methyl sites for hydroxylation is 2. The molecule has 0 bridgehead atoms. The number of halogens is 4. The van der Waals surface area contributed by atoms with Crippen molar-refractivity contribution < 1.29 is 31.8 Å². The molecular formula is C25H27ClF3N3O4S. The van der Waals surface area contributed by atoms with Gasteiger partial charge in [-0.15, -0.1) is 0 Å². The number of nitrogens with zero attached hydrogens (tertiary/aromatic N) is 2. The molecule has 0 spiro atoms. The molecule has 0 aromatic heterocycles. The summed E-state index contributed by atoms with van der Waals surface area (Å²) in [5, 5.41) is 0.439. The molecule has 0 saturated carbocycles. The van der Waals surface area contributed by atoms with Crippen molar-refractivity contribution in [2.24, 2.45) is 0 Å². The van der Waals surface area contributed by atoms with Gasteiger partial charge in [-0.3, -0.25) is 19.1 Å². The summed E-state index contributed by atoms with van der Waals surface area (Å²) >= 11 is 5.91. The van der Waals surface area contributed by atoms with E-state index in [4.69, 9.17) is 11.6 Å². The third-order valence-corrected chi connectivity index (χ3v) is 7.23. The zero-order valence-electron chi connectivity index (χ0n) is 20.5. The first-order valence-corrected chi connectivity index (χ1v) is 12.9. The van der Waals surface area contributed by atoms with Crippen molar-refractivity contribution in [3.63, 3.8) is 0 Å². The third-order valence-electron chi connectivity index (χ3n) is 6.14. The van der Waals surface area contributed by atoms with Gasteiger partial charge in [0.25, 0.3) is 5.91 Å². The summed E-state index contributed by atoms with van der Waals surface area (Å²) in [6.45, 7) is 4.83. The van der Waals surface area contributed by atoms with E-state index in [-0.39, 0.29) is 18.9 Å². The van der Waals surface area contributed by atoms with Crippen molar-refractivity contribution in [2.45, 2.75) is 51.2 Å². The van der Waals surface area contributed by atoms with Crippen LogP contribution in [0.5, 0.6) is 0 Å². The fourth-order valence-electron chi connectivity index (χ4n) is 4.34. The van der Waals surface area contributed by atoms with E-state index in [1.165, 1.54) is 9.62 Å². The second-order valence-corrected chi connectivity index (χ2v) is 10.9. The smallest absolute Gasteiger partial charge is 0.328 e. The van der Waals surface area contributed by atoms with Gasteiger partial charge in [-0.05, 0) is 50.5 Å². The minimum absolute atomic E-state index is 0.0770. The Balaban J connectivity index is 1.80. The number of alkyl halides is 3. The monoisotopic (exact) mass is 557 g/mol. The summed E-state index contributed by atoms with van der Waals surface area (Å²) in [6, 6.07) is 12.1. The molecule has 12 heteroatoms. The lowest BCUT2D eigenvalue weighted by Crippen LogP contribution is -2.68. The fraction of sp³-hybridized carbons (Fsp3) is 0.400. The number of amides is 3. The lowest BCUT2D eigenvalue weighted by molar-refractivity contribution is -0.164. The summed E-state index contributed by atoms with van der Waals surface area (Å²) < 4.78 is 50.7. The maximum absolute atomic E-state index is 13.6. The second kappa shape index (κ2) is 11.2. The Morgan fingerprint density at radius 2 is 1.68 bits per heavy atom. The van der Waals surface area contributed by atoms with Crippen LogP contribution in [0.15, 0.2) is 42.5 Å². The molecule has 37 heavy (non-hydrogen) atoms. The molecule has 3 rings (SSSR count). The maximum Gasteiger partial charge on any atom is 0.490 e. The highest BCUT2D eigenvalue weighted by atomic mass is 35.5. The first-order valence-electron chi connectivity index (χ1n) is 11.4. The molecule has 1 saturated heterocycles. The lowest BCUT2D eigenvalue weighted by atomic mass is 9.84. The van der Waals surface area contributed by atoms with E-state index in [0.717, 1.165) is 21.6 Å². The van der Waals surface area contributed by atoms with Crippen LogP contribution in [0, 0.1) is 13.8 Å². The van der Waals surface area contributed by atoms with Gasteiger partial charge in [0, 0.05) is 18.1 Å². The van der Waals surface area contributed by atoms with Gasteiger partial charge in [0.2, 0.25) is 22.8 Å². The topological polar surface area (TPSA) is 86.8 Å². The molecule has 0 radical (unpaired) electrons. The molecule has 2 aromatic carbocycles. The second-order valence-electron chi connectivity index (χ2n) is 9.27. The normalized spacial score (nSPS) is 18.1. The van der Waals surface area contributed by atoms with Crippen LogP contribution in [0.3, 0.4) is 0 Å². The zero-order valence-corrected chi connectivity index (χ0v) is 22.1. The predicted molar refractivity (Wildman–Crippen MR) is 134 cm³/mol. The molecule has 2 unspecified atom stereocenters. The highest BCUT2D eigenvalue weighted by Crippen LogP contribution is 2.34. The highest BCUT2D eigenvalue weighted by molar-refractivity contribution is 7.84. The molecule has 2 aromatic rings. The summed E-state index contributed by atoms with van der Waals surface area (Å²) in [5.74, 6) is -2.12. The summed E-state index contributed by atoms with van der Waals surface area (Å²) in [6.07, 6.45) is 0.394. The van der Waals surface area contributed by atoms with Gasteiger partial charge in [0.15, 0.2) is 0 Å². The van der Waals surface area contributed by atoms with Crippen LogP contribution >= 0.6 is 11.6 Å². The minimum Gasteiger partial charge on any atom is -0.328 e. The van der Waals surface area contributed by atoms with Crippen molar-refractivity contribution in [1.82, 2.24) is 14.5 Å². The lowest BCUT2D eigenvalue weighted by Gasteiger charge is -2.51. The number of hydrogen-bond donors (Lipinski definition) is 1. The van der Waals surface area contributed by atoms with Gasteiger partial charge >= 0.3 is 5.51 Å². The largest absolute Gasteiger partial charge is 0.490 e. The average Bonchev–Trinajstić information content (AvgIpc) is 2.76. The molecule has 1 fully saturated rings. The van der Waals surface area contributed by atoms with Gasteiger partial charge in [-0.25, -0.2) is 4.21 Å². The first kappa shape index (κ1) is 28.6. The van der Waals surface area contributed by atoms with Gasteiger partial charge in [0.05, 0.1) is 6.42 Å². The van der Waals surface area contributed by atoms with Gasteiger partial charge in [0.1, 0.15) is 12.1 Å². The number of carbonyl (C=O) groups excluding carboxylic acids is 3. The fourth-order valence-corrected chi connectivity index (χ4v) is 4.85. The van der Waals surface area contributed by atoms with Crippen LogP contribution in [0.4, 0.5) is 13.2 Å². The highest BCUT2D eigenvalue weighted by Gasteiger charge is 2.51. The number of rotatable bonds is 8. The summed E-state index contributed by atoms with van der Waals surface area (Å²) in [5.41, 5.74) is -3.05. The predicted octanol–water partition coefficient (Wildman–Crippen LogP) is 3.82. The molecule has 200 valence electrons. The van der Waals surface area contributed by atoms with Crippen LogP contribution in [0.2, 0.25) is 5.02 Å². The van der Waals surface area contributed by atoms with E-state index >= 15 is 0 Å². The van der Waals surface area contributed by atoms with Crippen molar-refractivity contribution >= 4 is 40.3 Å².